The summed E-state index contributed by atoms with van der Waals surface area (Å²) in [5.74, 6) is -3.87. The molecule has 6 heteroatoms. The monoisotopic (exact) mass is 516 g/mol. The molecule has 0 N–H and O–H groups in total. The highest BCUT2D eigenvalue weighted by atomic mass is 19.2. The van der Waals surface area contributed by atoms with Gasteiger partial charge in [-0.15, -0.1) is 0 Å². The van der Waals surface area contributed by atoms with Crippen molar-refractivity contribution < 1.29 is 26.7 Å². The van der Waals surface area contributed by atoms with Gasteiger partial charge in [-0.3, -0.25) is 0 Å². The molecular weight excluding hydrogens is 483 g/mol. The summed E-state index contributed by atoms with van der Waals surface area (Å²) in [4.78, 5) is 0. The topological polar surface area (TPSA) is 9.23 Å². The Morgan fingerprint density at radius 3 is 2.11 bits per heavy atom. The van der Waals surface area contributed by atoms with Gasteiger partial charge < -0.3 is 4.74 Å². The van der Waals surface area contributed by atoms with E-state index in [1.54, 1.807) is 25.1 Å². The largest absolute Gasteiger partial charge is 0.490 e. The van der Waals surface area contributed by atoms with Crippen LogP contribution in [0.4, 0.5) is 22.0 Å². The number of benzene rings is 3. The van der Waals surface area contributed by atoms with Crippen molar-refractivity contribution in [2.75, 3.05) is 6.61 Å². The van der Waals surface area contributed by atoms with Crippen LogP contribution in [0.15, 0.2) is 42.5 Å². The maximum atomic E-state index is 14.9. The van der Waals surface area contributed by atoms with Crippen LogP contribution in [0.3, 0.4) is 0 Å². The zero-order valence-electron chi connectivity index (χ0n) is 21.4. The Kier molecular flexibility index (Phi) is 8.88. The second-order valence-electron chi connectivity index (χ2n) is 10.1. The standard InChI is InChI=1S/C31H33F5O/c1-3-4-17-37-27-16-14-23(29(34)31(27)36)12-10-22-11-13-24(18-26(22)32)20-6-8-21(9-7-20)25-15-5-19(2)28(33)30(25)35/h5,11,13-16,18,20-21H,3-4,6-10,12,17H2,1-2H3. The first-order chi connectivity index (χ1) is 17.8. The lowest BCUT2D eigenvalue weighted by Crippen LogP contribution is -2.14. The van der Waals surface area contributed by atoms with Gasteiger partial charge in [0, 0.05) is 0 Å². The minimum Gasteiger partial charge on any atom is -0.490 e. The molecule has 0 unspecified atom stereocenters. The zero-order chi connectivity index (χ0) is 26.5. The predicted molar refractivity (Wildman–Crippen MR) is 136 cm³/mol. The molecule has 0 atom stereocenters. The molecule has 0 heterocycles. The van der Waals surface area contributed by atoms with Crippen LogP contribution in [0.5, 0.6) is 5.75 Å². The third kappa shape index (κ3) is 6.16. The first-order valence-corrected chi connectivity index (χ1v) is 13.1. The minimum atomic E-state index is -1.01. The van der Waals surface area contributed by atoms with E-state index in [4.69, 9.17) is 4.74 Å². The van der Waals surface area contributed by atoms with Crippen LogP contribution < -0.4 is 4.74 Å². The Bertz CT molecular complexity index is 1230. The smallest absolute Gasteiger partial charge is 0.200 e. The van der Waals surface area contributed by atoms with E-state index in [1.165, 1.54) is 18.2 Å². The van der Waals surface area contributed by atoms with Crippen molar-refractivity contribution in [3.63, 3.8) is 0 Å². The SMILES string of the molecule is CCCCOc1ccc(CCc2ccc(C3CCC(c4ccc(C)c(F)c4F)CC3)cc2F)c(F)c1F. The molecule has 0 bridgehead atoms. The van der Waals surface area contributed by atoms with Crippen molar-refractivity contribution in [2.24, 2.45) is 0 Å². The van der Waals surface area contributed by atoms with Crippen molar-refractivity contribution in [1.82, 2.24) is 0 Å². The van der Waals surface area contributed by atoms with E-state index >= 15 is 0 Å². The molecule has 37 heavy (non-hydrogen) atoms. The molecule has 1 aliphatic rings. The molecule has 0 radical (unpaired) electrons. The maximum Gasteiger partial charge on any atom is 0.200 e. The van der Waals surface area contributed by atoms with E-state index in [2.05, 4.69) is 0 Å². The fourth-order valence-electron chi connectivity index (χ4n) is 5.21. The van der Waals surface area contributed by atoms with Gasteiger partial charge in [0.2, 0.25) is 5.82 Å². The van der Waals surface area contributed by atoms with Gasteiger partial charge in [0.1, 0.15) is 5.82 Å². The van der Waals surface area contributed by atoms with Crippen molar-refractivity contribution in [3.8, 4) is 5.75 Å². The van der Waals surface area contributed by atoms with Gasteiger partial charge in [-0.05, 0) is 104 Å². The maximum absolute atomic E-state index is 14.9. The quantitative estimate of drug-likeness (QED) is 0.204. The lowest BCUT2D eigenvalue weighted by Gasteiger charge is -2.29. The summed E-state index contributed by atoms with van der Waals surface area (Å²) in [7, 11) is 0. The van der Waals surface area contributed by atoms with E-state index in [0.29, 0.717) is 36.1 Å². The third-order valence-electron chi connectivity index (χ3n) is 7.57. The molecule has 0 saturated heterocycles. The molecule has 198 valence electrons. The highest BCUT2D eigenvalue weighted by Crippen LogP contribution is 2.42. The number of rotatable bonds is 9. The molecule has 3 aromatic rings. The molecule has 1 nitrogen and oxygen atoms in total. The molecular formula is C31H33F5O. The van der Waals surface area contributed by atoms with Gasteiger partial charge in [-0.2, -0.15) is 4.39 Å². The van der Waals surface area contributed by atoms with Crippen LogP contribution in [0, 0.1) is 36.0 Å². The van der Waals surface area contributed by atoms with Gasteiger partial charge in [-0.25, -0.2) is 17.6 Å². The van der Waals surface area contributed by atoms with Gasteiger partial charge in [-0.1, -0.05) is 43.7 Å². The number of aryl methyl sites for hydroxylation is 3. The molecule has 1 saturated carbocycles. The van der Waals surface area contributed by atoms with E-state index in [0.717, 1.165) is 31.2 Å². The number of halogens is 5. The average Bonchev–Trinajstić information content (AvgIpc) is 2.90. The van der Waals surface area contributed by atoms with Crippen LogP contribution >= 0.6 is 0 Å². The second-order valence-corrected chi connectivity index (χ2v) is 10.1. The number of ether oxygens (including phenoxy) is 1. The van der Waals surface area contributed by atoms with Gasteiger partial charge >= 0.3 is 0 Å². The van der Waals surface area contributed by atoms with Crippen LogP contribution in [0.1, 0.15) is 85.1 Å². The van der Waals surface area contributed by atoms with E-state index in [1.807, 2.05) is 13.0 Å². The summed E-state index contributed by atoms with van der Waals surface area (Å²) in [6, 6.07) is 11.3. The second kappa shape index (κ2) is 12.1. The molecule has 0 aromatic heterocycles. The Morgan fingerprint density at radius 2 is 1.41 bits per heavy atom. The first kappa shape index (κ1) is 27.2. The average molecular weight is 517 g/mol. The summed E-state index contributed by atoms with van der Waals surface area (Å²) < 4.78 is 77.5. The lowest BCUT2D eigenvalue weighted by molar-refractivity contribution is 0.288. The van der Waals surface area contributed by atoms with Crippen LogP contribution in [-0.4, -0.2) is 6.61 Å². The van der Waals surface area contributed by atoms with Crippen LogP contribution in [0.2, 0.25) is 0 Å². The molecule has 0 spiro atoms. The molecule has 4 rings (SSSR count). The predicted octanol–water partition coefficient (Wildman–Crippen LogP) is 9.10. The van der Waals surface area contributed by atoms with Crippen molar-refractivity contribution >= 4 is 0 Å². The summed E-state index contributed by atoms with van der Waals surface area (Å²) in [6.45, 7) is 3.86. The van der Waals surface area contributed by atoms with Crippen molar-refractivity contribution in [3.05, 3.63) is 99.4 Å². The fraction of sp³-hybridized carbons (Fsp3) is 0.419. The van der Waals surface area contributed by atoms with Gasteiger partial charge in [0.15, 0.2) is 23.2 Å². The molecule has 0 amide bonds. The summed E-state index contributed by atoms with van der Waals surface area (Å²) >= 11 is 0. The third-order valence-corrected chi connectivity index (χ3v) is 7.57. The highest BCUT2D eigenvalue weighted by molar-refractivity contribution is 5.34. The lowest BCUT2D eigenvalue weighted by atomic mass is 9.76. The van der Waals surface area contributed by atoms with Crippen molar-refractivity contribution in [2.45, 2.75) is 77.0 Å². The normalized spacial score (nSPS) is 17.7. The van der Waals surface area contributed by atoms with Crippen LogP contribution in [0.25, 0.3) is 0 Å². The van der Waals surface area contributed by atoms with E-state index in [9.17, 15) is 22.0 Å². The molecule has 3 aromatic carbocycles. The molecule has 0 aliphatic heterocycles. The molecule has 1 fully saturated rings. The summed E-state index contributed by atoms with van der Waals surface area (Å²) in [5.41, 5.74) is 2.22. The summed E-state index contributed by atoms with van der Waals surface area (Å²) in [6.07, 6.45) is 4.98. The van der Waals surface area contributed by atoms with Crippen LogP contribution in [-0.2, 0) is 12.8 Å². The van der Waals surface area contributed by atoms with Gasteiger partial charge in [0.25, 0.3) is 0 Å². The minimum absolute atomic E-state index is 0.0470. The Labute approximate surface area is 215 Å². The van der Waals surface area contributed by atoms with Gasteiger partial charge in [0.05, 0.1) is 6.61 Å². The number of unbranched alkanes of at least 4 members (excludes halogenated alkanes) is 1. The number of hydrogen-bond acceptors (Lipinski definition) is 1. The highest BCUT2D eigenvalue weighted by Gasteiger charge is 2.27. The fourth-order valence-corrected chi connectivity index (χ4v) is 5.21. The molecule has 1 aliphatic carbocycles. The Balaban J connectivity index is 1.36. The van der Waals surface area contributed by atoms with E-state index < -0.39 is 23.3 Å². The number of hydrogen-bond donors (Lipinski definition) is 0. The first-order valence-electron chi connectivity index (χ1n) is 13.1. The Hall–Kier alpha value is -2.89. The van der Waals surface area contributed by atoms with E-state index in [-0.39, 0.29) is 41.8 Å². The van der Waals surface area contributed by atoms with Crippen molar-refractivity contribution in [1.29, 1.82) is 0 Å². The zero-order valence-corrected chi connectivity index (χ0v) is 21.4. The summed E-state index contributed by atoms with van der Waals surface area (Å²) in [5, 5.41) is 0. The Morgan fingerprint density at radius 1 is 0.730 bits per heavy atom.